The molecule has 0 bridgehead atoms. The molecule has 1 amide bonds. The highest BCUT2D eigenvalue weighted by atomic mass is 16.6. The maximum atomic E-state index is 13.6. The lowest BCUT2D eigenvalue weighted by Gasteiger charge is -2.20. The van der Waals surface area contributed by atoms with Crippen LogP contribution in [0.5, 0.6) is 5.75 Å². The minimum atomic E-state index is -0.958. The van der Waals surface area contributed by atoms with E-state index < -0.39 is 18.1 Å². The van der Waals surface area contributed by atoms with Gasteiger partial charge in [0, 0.05) is 12.3 Å². The molecule has 0 unspecified atom stereocenters. The van der Waals surface area contributed by atoms with Crippen LogP contribution in [0.2, 0.25) is 0 Å². The molecule has 254 valence electrons. The van der Waals surface area contributed by atoms with Crippen LogP contribution in [0.1, 0.15) is 39.3 Å². The van der Waals surface area contributed by atoms with Gasteiger partial charge in [-0.25, -0.2) is 9.59 Å². The lowest BCUT2D eigenvalue weighted by molar-refractivity contribution is -0.147. The number of alkyl carbamates (subject to hydrolysis) is 1. The molecule has 0 saturated carbocycles. The zero-order valence-corrected chi connectivity index (χ0v) is 28.5. The Hall–Kier alpha value is -6.14. The molecule has 6 aromatic carbocycles. The first-order valence-corrected chi connectivity index (χ1v) is 17.2. The first-order chi connectivity index (χ1) is 25.0. The Morgan fingerprint density at radius 2 is 1.14 bits per heavy atom. The number of amides is 1. The second kappa shape index (κ2) is 15.6. The number of carbonyl (C=O) groups is 2. The highest BCUT2D eigenvalue weighted by Gasteiger charge is 2.30. The molecule has 1 aliphatic carbocycles. The van der Waals surface area contributed by atoms with Crippen LogP contribution in [0.3, 0.4) is 0 Å². The van der Waals surface area contributed by atoms with Crippen molar-refractivity contribution >= 4 is 12.1 Å². The fraction of sp³-hybridized carbons (Fsp3) is 0.156. The Morgan fingerprint density at radius 1 is 0.588 bits per heavy atom. The minimum absolute atomic E-state index is 0.0485. The maximum Gasteiger partial charge on any atom is 0.407 e. The van der Waals surface area contributed by atoms with Gasteiger partial charge in [0.05, 0.1) is 0 Å². The standard InChI is InChI=1S/C45H39NO5/c1-31-15-17-33(18-16-31)28-49-37-25-21-34(22-26-37)29-50-44(47)43(27-32-19-23-36(24-20-32)35-9-3-2-4-10-35)46-45(48)51-30-42-40-13-7-5-11-38(40)39-12-6-8-14-41(39)42/h2-26,42-43H,27-30H2,1H3,(H,46,48)/t43-/m0/s1. The summed E-state index contributed by atoms with van der Waals surface area (Å²) >= 11 is 0. The largest absolute Gasteiger partial charge is 0.489 e. The normalized spacial score (nSPS) is 12.3. The van der Waals surface area contributed by atoms with Crippen LogP contribution in [0.4, 0.5) is 4.79 Å². The van der Waals surface area contributed by atoms with E-state index in [1.165, 1.54) is 5.56 Å². The Balaban J connectivity index is 1.00. The fourth-order valence-corrected chi connectivity index (χ4v) is 6.46. The van der Waals surface area contributed by atoms with Crippen LogP contribution in [0, 0.1) is 6.92 Å². The molecule has 1 N–H and O–H groups in total. The predicted octanol–water partition coefficient (Wildman–Crippen LogP) is 9.43. The molecule has 0 spiro atoms. The molecule has 6 heteroatoms. The topological polar surface area (TPSA) is 73.9 Å². The average molecular weight is 674 g/mol. The highest BCUT2D eigenvalue weighted by Crippen LogP contribution is 2.44. The Kier molecular flexibility index (Phi) is 10.2. The lowest BCUT2D eigenvalue weighted by atomic mass is 9.98. The molecule has 0 aliphatic heterocycles. The first-order valence-electron chi connectivity index (χ1n) is 17.2. The number of ether oxygens (including phenoxy) is 3. The van der Waals surface area contributed by atoms with Crippen molar-refractivity contribution in [1.29, 1.82) is 0 Å². The minimum Gasteiger partial charge on any atom is -0.489 e. The molecule has 51 heavy (non-hydrogen) atoms. The molecule has 0 fully saturated rings. The van der Waals surface area contributed by atoms with Crippen LogP contribution < -0.4 is 10.1 Å². The van der Waals surface area contributed by atoms with Gasteiger partial charge >= 0.3 is 12.1 Å². The summed E-state index contributed by atoms with van der Waals surface area (Å²) in [6, 6.07) is 49.1. The quantitative estimate of drug-likeness (QED) is 0.131. The summed E-state index contributed by atoms with van der Waals surface area (Å²) in [7, 11) is 0. The summed E-state index contributed by atoms with van der Waals surface area (Å²) < 4.78 is 17.5. The number of aryl methyl sites for hydroxylation is 1. The van der Waals surface area contributed by atoms with E-state index in [4.69, 9.17) is 14.2 Å². The van der Waals surface area contributed by atoms with Gasteiger partial charge in [-0.1, -0.05) is 145 Å². The van der Waals surface area contributed by atoms with E-state index in [9.17, 15) is 9.59 Å². The van der Waals surface area contributed by atoms with Crippen molar-refractivity contribution < 1.29 is 23.8 Å². The summed E-state index contributed by atoms with van der Waals surface area (Å²) in [5.41, 5.74) is 10.7. The third-order valence-corrected chi connectivity index (χ3v) is 9.25. The van der Waals surface area contributed by atoms with Crippen molar-refractivity contribution in [2.45, 2.75) is 38.5 Å². The van der Waals surface area contributed by atoms with Crippen LogP contribution in [0.15, 0.2) is 152 Å². The van der Waals surface area contributed by atoms with Crippen molar-refractivity contribution in [3.8, 4) is 28.0 Å². The number of hydrogen-bond acceptors (Lipinski definition) is 5. The number of rotatable bonds is 12. The zero-order valence-electron chi connectivity index (χ0n) is 28.5. The molecule has 7 rings (SSSR count). The Labute approximate surface area is 298 Å². The van der Waals surface area contributed by atoms with Crippen LogP contribution in [-0.2, 0) is 33.9 Å². The van der Waals surface area contributed by atoms with Crippen LogP contribution in [0.25, 0.3) is 22.3 Å². The fourth-order valence-electron chi connectivity index (χ4n) is 6.46. The predicted molar refractivity (Wildman–Crippen MR) is 199 cm³/mol. The molecule has 0 radical (unpaired) electrons. The second-order valence-corrected chi connectivity index (χ2v) is 12.8. The lowest BCUT2D eigenvalue weighted by Crippen LogP contribution is -2.43. The van der Waals surface area contributed by atoms with Crippen molar-refractivity contribution in [2.24, 2.45) is 0 Å². The van der Waals surface area contributed by atoms with E-state index in [1.54, 1.807) is 0 Å². The van der Waals surface area contributed by atoms with E-state index in [1.807, 2.05) is 103 Å². The van der Waals surface area contributed by atoms with Gasteiger partial charge < -0.3 is 19.5 Å². The van der Waals surface area contributed by atoms with Gasteiger partial charge in [-0.15, -0.1) is 0 Å². The van der Waals surface area contributed by atoms with E-state index in [0.29, 0.717) is 6.61 Å². The molecule has 6 aromatic rings. The highest BCUT2D eigenvalue weighted by molar-refractivity contribution is 5.82. The molecule has 1 atom stereocenters. The zero-order chi connectivity index (χ0) is 35.0. The summed E-state index contributed by atoms with van der Waals surface area (Å²) in [6.45, 7) is 2.71. The van der Waals surface area contributed by atoms with Crippen molar-refractivity contribution in [3.05, 3.63) is 185 Å². The number of fused-ring (bicyclic) bond motifs is 3. The van der Waals surface area contributed by atoms with Crippen molar-refractivity contribution in [1.82, 2.24) is 5.32 Å². The van der Waals surface area contributed by atoms with Crippen molar-refractivity contribution in [3.63, 3.8) is 0 Å². The van der Waals surface area contributed by atoms with Gasteiger partial charge in [0.2, 0.25) is 0 Å². The van der Waals surface area contributed by atoms with Gasteiger partial charge in [-0.2, -0.15) is 0 Å². The van der Waals surface area contributed by atoms with Gasteiger partial charge in [-0.3, -0.25) is 0 Å². The molecular formula is C45H39NO5. The van der Waals surface area contributed by atoms with E-state index >= 15 is 0 Å². The van der Waals surface area contributed by atoms with Gasteiger partial charge in [-0.05, 0) is 69.1 Å². The van der Waals surface area contributed by atoms with E-state index in [0.717, 1.165) is 55.8 Å². The second-order valence-electron chi connectivity index (χ2n) is 12.8. The Bertz CT molecular complexity index is 2050. The maximum absolute atomic E-state index is 13.6. The summed E-state index contributed by atoms with van der Waals surface area (Å²) in [5.74, 6) is 0.0812. The monoisotopic (exact) mass is 673 g/mol. The molecule has 0 heterocycles. The molecule has 1 aliphatic rings. The average Bonchev–Trinajstić information content (AvgIpc) is 3.50. The molecule has 0 saturated heterocycles. The summed E-state index contributed by atoms with van der Waals surface area (Å²) in [6.07, 6.45) is -0.432. The number of nitrogens with one attached hydrogen (secondary N) is 1. The van der Waals surface area contributed by atoms with Crippen LogP contribution in [-0.4, -0.2) is 24.7 Å². The summed E-state index contributed by atoms with van der Waals surface area (Å²) in [4.78, 5) is 26.9. The summed E-state index contributed by atoms with van der Waals surface area (Å²) in [5, 5.41) is 2.81. The number of benzene rings is 6. The number of esters is 1. The third-order valence-electron chi connectivity index (χ3n) is 9.25. The van der Waals surface area contributed by atoms with Crippen molar-refractivity contribution in [2.75, 3.05) is 6.61 Å². The van der Waals surface area contributed by atoms with E-state index in [-0.39, 0.29) is 25.6 Å². The first kappa shape index (κ1) is 33.4. The third kappa shape index (κ3) is 8.19. The smallest absolute Gasteiger partial charge is 0.407 e. The van der Waals surface area contributed by atoms with Crippen LogP contribution >= 0.6 is 0 Å². The van der Waals surface area contributed by atoms with Gasteiger partial charge in [0.1, 0.15) is 31.6 Å². The van der Waals surface area contributed by atoms with Gasteiger partial charge in [0.25, 0.3) is 0 Å². The molecule has 6 nitrogen and oxygen atoms in total. The molecule has 0 aromatic heterocycles. The van der Waals surface area contributed by atoms with Gasteiger partial charge in [0.15, 0.2) is 0 Å². The number of carbonyl (C=O) groups excluding carboxylic acids is 2. The SMILES string of the molecule is Cc1ccc(COc2ccc(COC(=O)[C@H](Cc3ccc(-c4ccccc4)cc3)NC(=O)OCC3c4ccccc4-c4ccccc43)cc2)cc1. The molecular weight excluding hydrogens is 634 g/mol. The Morgan fingerprint density at radius 3 is 1.80 bits per heavy atom. The number of hydrogen-bond donors (Lipinski definition) is 1. The van der Waals surface area contributed by atoms with E-state index in [2.05, 4.69) is 60.8 Å².